The Kier molecular flexibility index (Phi) is 5.56. The molecule has 0 aliphatic rings. The molecule has 0 aliphatic carbocycles. The number of unbranched alkanes of at least 4 members (excludes halogenated alkanes) is 1. The van der Waals surface area contributed by atoms with Crippen LogP contribution in [0, 0.1) is 0 Å². The first-order valence-corrected chi connectivity index (χ1v) is 10.2. The van der Waals surface area contributed by atoms with E-state index in [2.05, 4.69) is 6.92 Å². The van der Waals surface area contributed by atoms with Gasteiger partial charge in [-0.1, -0.05) is 43.7 Å². The highest BCUT2D eigenvalue weighted by Crippen LogP contribution is 2.15. The van der Waals surface area contributed by atoms with Crippen molar-refractivity contribution in [2.24, 2.45) is 0 Å². The van der Waals surface area contributed by atoms with Crippen LogP contribution in [0.1, 0.15) is 25.3 Å². The number of hydrogen-bond acceptors (Lipinski definition) is 4. The zero-order valence-electron chi connectivity index (χ0n) is 12.8. The zero-order valence-corrected chi connectivity index (χ0v) is 14.4. The number of nitrogens with one attached hydrogen (secondary N) is 1. The van der Waals surface area contributed by atoms with Crippen LogP contribution in [-0.4, -0.2) is 16.8 Å². The standard InChI is InChI=1S/C16H19NO4S2/c1-2-3-7-14-10-12-16(13-11-14)23(20,21)17-22(18,19)15-8-5-4-6-9-15/h4-6,8-13,17H,2-3,7H2,1H3. The summed E-state index contributed by atoms with van der Waals surface area (Å²) in [5.74, 6) is 0. The highest BCUT2D eigenvalue weighted by molar-refractivity contribution is 8.04. The SMILES string of the molecule is CCCCc1ccc(S(=O)(=O)NS(=O)(=O)c2ccccc2)cc1. The minimum absolute atomic E-state index is 0.0720. The molecule has 0 heterocycles. The molecule has 0 spiro atoms. The van der Waals surface area contributed by atoms with Gasteiger partial charge in [-0.05, 0) is 42.7 Å². The first-order valence-electron chi connectivity index (χ1n) is 7.28. The molecule has 2 aromatic rings. The van der Waals surface area contributed by atoms with Gasteiger partial charge in [-0.15, -0.1) is 4.13 Å². The quantitative estimate of drug-likeness (QED) is 0.830. The molecule has 0 saturated carbocycles. The maximum absolute atomic E-state index is 12.3. The molecule has 0 amide bonds. The molecule has 0 unspecified atom stereocenters. The van der Waals surface area contributed by atoms with Gasteiger partial charge < -0.3 is 0 Å². The fourth-order valence-corrected chi connectivity index (χ4v) is 4.99. The van der Waals surface area contributed by atoms with Crippen molar-refractivity contribution in [3.05, 3.63) is 60.2 Å². The van der Waals surface area contributed by atoms with Gasteiger partial charge in [-0.25, -0.2) is 16.8 Å². The molecular weight excluding hydrogens is 334 g/mol. The van der Waals surface area contributed by atoms with Crippen LogP contribution in [0.5, 0.6) is 0 Å². The van der Waals surface area contributed by atoms with E-state index in [1.54, 1.807) is 22.3 Å². The summed E-state index contributed by atoms with van der Waals surface area (Å²) in [5, 5.41) is 0. The van der Waals surface area contributed by atoms with E-state index in [1.165, 1.54) is 36.4 Å². The molecule has 2 aromatic carbocycles. The molecule has 23 heavy (non-hydrogen) atoms. The lowest BCUT2D eigenvalue weighted by Gasteiger charge is -2.08. The Bertz CT molecular complexity index is 843. The van der Waals surface area contributed by atoms with Gasteiger partial charge >= 0.3 is 0 Å². The van der Waals surface area contributed by atoms with E-state index in [0.29, 0.717) is 0 Å². The molecule has 2 rings (SSSR count). The van der Waals surface area contributed by atoms with E-state index in [-0.39, 0.29) is 9.79 Å². The average Bonchev–Trinajstić information content (AvgIpc) is 2.53. The summed E-state index contributed by atoms with van der Waals surface area (Å²) in [6.07, 6.45) is 2.94. The van der Waals surface area contributed by atoms with Gasteiger partial charge in [0.05, 0.1) is 9.79 Å². The van der Waals surface area contributed by atoms with Crippen molar-refractivity contribution in [1.29, 1.82) is 0 Å². The molecule has 0 saturated heterocycles. The predicted molar refractivity (Wildman–Crippen MR) is 89.0 cm³/mol. The predicted octanol–water partition coefficient (Wildman–Crippen LogP) is 2.70. The van der Waals surface area contributed by atoms with Gasteiger partial charge in [0.25, 0.3) is 20.0 Å². The van der Waals surface area contributed by atoms with E-state index in [4.69, 9.17) is 0 Å². The molecular formula is C16H19NO4S2. The second-order valence-corrected chi connectivity index (χ2v) is 8.77. The smallest absolute Gasteiger partial charge is 0.206 e. The lowest BCUT2D eigenvalue weighted by molar-refractivity contribution is 0.577. The molecule has 124 valence electrons. The number of aryl methyl sites for hydroxylation is 1. The Morgan fingerprint density at radius 3 is 1.83 bits per heavy atom. The van der Waals surface area contributed by atoms with Crippen molar-refractivity contribution in [2.45, 2.75) is 36.0 Å². The van der Waals surface area contributed by atoms with Crippen LogP contribution in [0.2, 0.25) is 0 Å². The molecule has 0 aliphatic heterocycles. The molecule has 0 atom stereocenters. The Balaban J connectivity index is 2.22. The number of benzene rings is 2. The Labute approximate surface area is 137 Å². The average molecular weight is 353 g/mol. The fourth-order valence-electron chi connectivity index (χ4n) is 2.06. The molecule has 0 radical (unpaired) electrons. The summed E-state index contributed by atoms with van der Waals surface area (Å²) in [4.78, 5) is -0.166. The van der Waals surface area contributed by atoms with Crippen LogP contribution in [0.4, 0.5) is 0 Å². The molecule has 0 bridgehead atoms. The van der Waals surface area contributed by atoms with Gasteiger partial charge in [-0.3, -0.25) is 0 Å². The highest BCUT2D eigenvalue weighted by atomic mass is 32.3. The summed E-state index contributed by atoms with van der Waals surface area (Å²) in [7, 11) is -8.27. The third-order valence-electron chi connectivity index (χ3n) is 3.33. The second-order valence-electron chi connectivity index (χ2n) is 5.15. The lowest BCUT2D eigenvalue weighted by atomic mass is 10.1. The van der Waals surface area contributed by atoms with E-state index < -0.39 is 20.0 Å². The largest absolute Gasteiger partial charge is 0.253 e. The summed E-state index contributed by atoms with van der Waals surface area (Å²) in [6, 6.07) is 13.7. The van der Waals surface area contributed by atoms with Crippen molar-refractivity contribution in [3.63, 3.8) is 0 Å². The Hall–Kier alpha value is -1.70. The topological polar surface area (TPSA) is 80.3 Å². The number of hydrogen-bond donors (Lipinski definition) is 1. The lowest BCUT2D eigenvalue weighted by Crippen LogP contribution is -2.30. The zero-order chi connectivity index (χ0) is 16.9. The second kappa shape index (κ2) is 7.25. The van der Waals surface area contributed by atoms with E-state index in [1.807, 2.05) is 0 Å². The van der Waals surface area contributed by atoms with E-state index in [9.17, 15) is 16.8 Å². The number of rotatable bonds is 7. The number of sulfonamides is 2. The van der Waals surface area contributed by atoms with Gasteiger partial charge in [-0.2, -0.15) is 0 Å². The molecule has 7 heteroatoms. The van der Waals surface area contributed by atoms with Crippen LogP contribution < -0.4 is 4.13 Å². The summed E-state index contributed by atoms with van der Waals surface area (Å²) in [6.45, 7) is 2.08. The molecule has 0 aromatic heterocycles. The minimum atomic E-state index is -4.14. The van der Waals surface area contributed by atoms with Crippen LogP contribution in [-0.2, 0) is 26.5 Å². The van der Waals surface area contributed by atoms with Gasteiger partial charge in [0.15, 0.2) is 0 Å². The van der Waals surface area contributed by atoms with Gasteiger partial charge in [0.1, 0.15) is 0 Å². The normalized spacial score (nSPS) is 12.2. The van der Waals surface area contributed by atoms with Crippen LogP contribution >= 0.6 is 0 Å². The summed E-state index contributed by atoms with van der Waals surface area (Å²) in [5.41, 5.74) is 1.02. The molecule has 5 nitrogen and oxygen atoms in total. The Morgan fingerprint density at radius 2 is 1.30 bits per heavy atom. The maximum atomic E-state index is 12.3. The van der Waals surface area contributed by atoms with Crippen molar-refractivity contribution in [1.82, 2.24) is 4.13 Å². The fraction of sp³-hybridized carbons (Fsp3) is 0.250. The van der Waals surface area contributed by atoms with Gasteiger partial charge in [0, 0.05) is 0 Å². The Morgan fingerprint density at radius 1 is 0.783 bits per heavy atom. The summed E-state index contributed by atoms with van der Waals surface area (Å²) < 4.78 is 50.6. The van der Waals surface area contributed by atoms with Gasteiger partial charge in [0.2, 0.25) is 0 Å². The first-order chi connectivity index (χ1) is 10.8. The molecule has 1 N–H and O–H groups in total. The molecule has 0 fully saturated rings. The van der Waals surface area contributed by atoms with Crippen molar-refractivity contribution in [3.8, 4) is 0 Å². The maximum Gasteiger partial charge on any atom is 0.253 e. The summed E-state index contributed by atoms with van der Waals surface area (Å²) >= 11 is 0. The highest BCUT2D eigenvalue weighted by Gasteiger charge is 2.24. The third-order valence-corrected chi connectivity index (χ3v) is 6.87. The minimum Gasteiger partial charge on any atom is -0.206 e. The monoisotopic (exact) mass is 353 g/mol. The van der Waals surface area contributed by atoms with Crippen molar-refractivity contribution >= 4 is 20.0 Å². The van der Waals surface area contributed by atoms with Crippen LogP contribution in [0.3, 0.4) is 0 Å². The first kappa shape index (κ1) is 17.7. The third kappa shape index (κ3) is 4.63. The van der Waals surface area contributed by atoms with E-state index >= 15 is 0 Å². The van der Waals surface area contributed by atoms with Crippen molar-refractivity contribution < 1.29 is 16.8 Å². The van der Waals surface area contributed by atoms with Crippen LogP contribution in [0.15, 0.2) is 64.4 Å². The van der Waals surface area contributed by atoms with E-state index in [0.717, 1.165) is 24.8 Å². The van der Waals surface area contributed by atoms with Crippen LogP contribution in [0.25, 0.3) is 0 Å². The van der Waals surface area contributed by atoms with Crippen molar-refractivity contribution in [2.75, 3.05) is 0 Å².